The van der Waals surface area contributed by atoms with E-state index in [-0.39, 0.29) is 5.41 Å². The number of anilines is 1. The summed E-state index contributed by atoms with van der Waals surface area (Å²) >= 11 is 0. The van der Waals surface area contributed by atoms with Gasteiger partial charge in [-0.2, -0.15) is 0 Å². The van der Waals surface area contributed by atoms with Gasteiger partial charge in [0.25, 0.3) is 0 Å². The molecule has 1 heterocycles. The topological polar surface area (TPSA) is 12.0 Å². The molecule has 1 heteroatoms. The molecular formula is C19H21N. The minimum atomic E-state index is 0.221. The third kappa shape index (κ3) is 1.62. The third-order valence-electron chi connectivity index (χ3n) is 4.86. The van der Waals surface area contributed by atoms with E-state index in [1.807, 2.05) is 0 Å². The Bertz CT molecular complexity index is 678. The van der Waals surface area contributed by atoms with E-state index >= 15 is 0 Å². The van der Waals surface area contributed by atoms with Crippen LogP contribution in [0.4, 0.5) is 5.69 Å². The first-order valence-corrected chi connectivity index (χ1v) is 7.53. The highest BCUT2D eigenvalue weighted by Crippen LogP contribution is 2.51. The molecule has 0 amide bonds. The SMILES string of the molecule is CC(C)(C)c1ccc2c(c1)[C@H]1Cc3ccccc3[C@H]1N2. The summed E-state index contributed by atoms with van der Waals surface area (Å²) in [4.78, 5) is 0. The summed E-state index contributed by atoms with van der Waals surface area (Å²) in [6.45, 7) is 6.87. The molecule has 0 fully saturated rings. The minimum absolute atomic E-state index is 0.221. The molecular weight excluding hydrogens is 242 g/mol. The fourth-order valence-corrected chi connectivity index (χ4v) is 3.70. The lowest BCUT2D eigenvalue weighted by atomic mass is 9.84. The Kier molecular flexibility index (Phi) is 2.33. The van der Waals surface area contributed by atoms with Gasteiger partial charge < -0.3 is 5.32 Å². The molecule has 1 nitrogen and oxygen atoms in total. The Morgan fingerprint density at radius 1 is 1.00 bits per heavy atom. The van der Waals surface area contributed by atoms with Gasteiger partial charge in [0, 0.05) is 11.6 Å². The molecule has 2 atom stereocenters. The van der Waals surface area contributed by atoms with Gasteiger partial charge in [-0.3, -0.25) is 0 Å². The second-order valence-corrected chi connectivity index (χ2v) is 7.18. The van der Waals surface area contributed by atoms with Crippen molar-refractivity contribution in [3.8, 4) is 0 Å². The first kappa shape index (κ1) is 12.0. The summed E-state index contributed by atoms with van der Waals surface area (Å²) in [5.74, 6) is 0.615. The zero-order valence-electron chi connectivity index (χ0n) is 12.4. The van der Waals surface area contributed by atoms with Crippen molar-refractivity contribution in [3.05, 3.63) is 64.7 Å². The van der Waals surface area contributed by atoms with E-state index in [1.165, 1.54) is 34.4 Å². The zero-order chi connectivity index (χ0) is 13.9. The summed E-state index contributed by atoms with van der Waals surface area (Å²) in [5.41, 5.74) is 7.52. The van der Waals surface area contributed by atoms with Crippen molar-refractivity contribution >= 4 is 5.69 Å². The first-order chi connectivity index (χ1) is 9.54. The van der Waals surface area contributed by atoms with Gasteiger partial charge in [0.1, 0.15) is 0 Å². The van der Waals surface area contributed by atoms with Crippen molar-refractivity contribution in [2.75, 3.05) is 5.32 Å². The summed E-state index contributed by atoms with van der Waals surface area (Å²) in [5, 5.41) is 3.73. The number of hydrogen-bond acceptors (Lipinski definition) is 1. The Balaban J connectivity index is 1.78. The summed E-state index contributed by atoms with van der Waals surface area (Å²) < 4.78 is 0. The predicted molar refractivity (Wildman–Crippen MR) is 84.4 cm³/mol. The monoisotopic (exact) mass is 263 g/mol. The highest BCUT2D eigenvalue weighted by Gasteiger charge is 2.39. The van der Waals surface area contributed by atoms with E-state index in [1.54, 1.807) is 0 Å². The van der Waals surface area contributed by atoms with E-state index in [0.29, 0.717) is 12.0 Å². The predicted octanol–water partition coefficient (Wildman–Crippen LogP) is 4.79. The zero-order valence-corrected chi connectivity index (χ0v) is 12.4. The second-order valence-electron chi connectivity index (χ2n) is 7.18. The van der Waals surface area contributed by atoms with Crippen molar-refractivity contribution < 1.29 is 0 Å². The molecule has 0 aromatic heterocycles. The van der Waals surface area contributed by atoms with Gasteiger partial charge >= 0.3 is 0 Å². The van der Waals surface area contributed by atoms with Crippen molar-refractivity contribution in [3.63, 3.8) is 0 Å². The average Bonchev–Trinajstić information content (AvgIpc) is 2.93. The minimum Gasteiger partial charge on any atom is -0.377 e. The van der Waals surface area contributed by atoms with Crippen LogP contribution in [0.1, 0.15) is 55.0 Å². The lowest BCUT2D eigenvalue weighted by Crippen LogP contribution is -2.11. The molecule has 0 unspecified atom stereocenters. The molecule has 0 bridgehead atoms. The Morgan fingerprint density at radius 3 is 2.60 bits per heavy atom. The van der Waals surface area contributed by atoms with Crippen molar-refractivity contribution in [1.29, 1.82) is 0 Å². The average molecular weight is 263 g/mol. The highest BCUT2D eigenvalue weighted by molar-refractivity contribution is 5.65. The maximum atomic E-state index is 3.73. The number of benzene rings is 2. The smallest absolute Gasteiger partial charge is 0.0589 e. The Labute approximate surface area is 121 Å². The van der Waals surface area contributed by atoms with Gasteiger partial charge in [-0.25, -0.2) is 0 Å². The van der Waals surface area contributed by atoms with Crippen molar-refractivity contribution in [1.82, 2.24) is 0 Å². The van der Waals surface area contributed by atoms with Crippen molar-refractivity contribution in [2.45, 2.75) is 44.6 Å². The van der Waals surface area contributed by atoms with Crippen LogP contribution in [0.25, 0.3) is 0 Å². The fourth-order valence-electron chi connectivity index (χ4n) is 3.70. The van der Waals surface area contributed by atoms with Gasteiger partial charge in [0.05, 0.1) is 6.04 Å². The Hall–Kier alpha value is -1.76. The molecule has 2 aromatic rings. The van der Waals surface area contributed by atoms with E-state index < -0.39 is 0 Å². The van der Waals surface area contributed by atoms with Gasteiger partial charge in [-0.05, 0) is 40.2 Å². The third-order valence-corrected chi connectivity index (χ3v) is 4.86. The van der Waals surface area contributed by atoms with Gasteiger partial charge in [0.2, 0.25) is 0 Å². The molecule has 1 aliphatic carbocycles. The fraction of sp³-hybridized carbons (Fsp3) is 0.368. The lowest BCUT2D eigenvalue weighted by molar-refractivity contribution is 0.587. The van der Waals surface area contributed by atoms with E-state index in [4.69, 9.17) is 0 Å². The molecule has 1 aliphatic heterocycles. The number of nitrogens with one attached hydrogen (secondary N) is 1. The van der Waals surface area contributed by atoms with Crippen LogP contribution in [0.5, 0.6) is 0 Å². The van der Waals surface area contributed by atoms with Crippen LogP contribution in [-0.4, -0.2) is 0 Å². The lowest BCUT2D eigenvalue weighted by Gasteiger charge is -2.20. The van der Waals surface area contributed by atoms with Crippen LogP contribution in [0.3, 0.4) is 0 Å². The summed E-state index contributed by atoms with van der Waals surface area (Å²) in [6, 6.07) is 16.3. The molecule has 0 saturated heterocycles. The first-order valence-electron chi connectivity index (χ1n) is 7.53. The van der Waals surface area contributed by atoms with Crippen LogP contribution < -0.4 is 5.32 Å². The number of hydrogen-bond donors (Lipinski definition) is 1. The van der Waals surface area contributed by atoms with Crippen LogP contribution in [0, 0.1) is 0 Å². The van der Waals surface area contributed by atoms with Gasteiger partial charge in [-0.1, -0.05) is 57.2 Å². The molecule has 0 spiro atoms. The number of rotatable bonds is 0. The Morgan fingerprint density at radius 2 is 1.80 bits per heavy atom. The molecule has 102 valence electrons. The highest BCUT2D eigenvalue weighted by atomic mass is 15.0. The van der Waals surface area contributed by atoms with Gasteiger partial charge in [0.15, 0.2) is 0 Å². The standard InChI is InChI=1S/C19H21N/c1-19(2,3)13-8-9-17-15(11-13)16-10-12-6-4-5-7-14(12)18(16)20-17/h4-9,11,16,18,20H,10H2,1-3H3/t16-,18-/m1/s1. The molecule has 1 N–H and O–H groups in total. The maximum absolute atomic E-state index is 3.73. The van der Waals surface area contributed by atoms with Crippen LogP contribution in [-0.2, 0) is 11.8 Å². The molecule has 0 saturated carbocycles. The summed E-state index contributed by atoms with van der Waals surface area (Å²) in [7, 11) is 0. The van der Waals surface area contributed by atoms with E-state index in [9.17, 15) is 0 Å². The second kappa shape index (κ2) is 3.88. The van der Waals surface area contributed by atoms with Crippen molar-refractivity contribution in [2.24, 2.45) is 0 Å². The van der Waals surface area contributed by atoms with E-state index in [0.717, 1.165) is 0 Å². The molecule has 2 aromatic carbocycles. The summed E-state index contributed by atoms with van der Waals surface area (Å²) in [6.07, 6.45) is 1.18. The van der Waals surface area contributed by atoms with E-state index in [2.05, 4.69) is 68.6 Å². The molecule has 0 radical (unpaired) electrons. The van der Waals surface area contributed by atoms with Crippen LogP contribution in [0.2, 0.25) is 0 Å². The molecule has 2 aliphatic rings. The number of fused-ring (bicyclic) bond motifs is 5. The van der Waals surface area contributed by atoms with Crippen LogP contribution in [0.15, 0.2) is 42.5 Å². The largest absolute Gasteiger partial charge is 0.377 e. The van der Waals surface area contributed by atoms with Crippen LogP contribution >= 0.6 is 0 Å². The normalized spacial score (nSPS) is 22.9. The maximum Gasteiger partial charge on any atom is 0.0589 e. The molecule has 20 heavy (non-hydrogen) atoms. The van der Waals surface area contributed by atoms with Gasteiger partial charge in [-0.15, -0.1) is 0 Å². The quantitative estimate of drug-likeness (QED) is 0.720. The molecule has 4 rings (SSSR count).